The van der Waals surface area contributed by atoms with Crippen LogP contribution < -0.4 is 9.64 Å². The van der Waals surface area contributed by atoms with Crippen molar-refractivity contribution in [3.63, 3.8) is 0 Å². The Balaban J connectivity index is 1.51. The first-order chi connectivity index (χ1) is 12.0. The Morgan fingerprint density at radius 1 is 1.00 bits per heavy atom. The van der Waals surface area contributed by atoms with Crippen LogP contribution in [0.2, 0.25) is 5.02 Å². The number of benzene rings is 2. The van der Waals surface area contributed by atoms with Crippen molar-refractivity contribution in [3.8, 4) is 5.75 Å². The maximum atomic E-state index is 12.3. The number of hydrogen-bond donors (Lipinski definition) is 0. The highest BCUT2D eigenvalue weighted by Gasteiger charge is 2.21. The summed E-state index contributed by atoms with van der Waals surface area (Å²) >= 11 is 5.84. The molecule has 0 saturated carbocycles. The fraction of sp³-hybridized carbons (Fsp3) is 0.350. The summed E-state index contributed by atoms with van der Waals surface area (Å²) in [6.07, 6.45) is 0. The minimum Gasteiger partial charge on any atom is -0.484 e. The van der Waals surface area contributed by atoms with E-state index in [1.54, 1.807) is 24.3 Å². The lowest BCUT2D eigenvalue weighted by Crippen LogP contribution is -2.50. The molecule has 1 aliphatic rings. The standard InChI is InChI=1S/C20H23ClN2O2/c1-15-11-16(2)13-18(12-15)22-7-9-23(10-8-22)20(24)14-25-19-5-3-17(21)4-6-19/h3-6,11-13H,7-10,14H2,1-2H3. The highest BCUT2D eigenvalue weighted by Crippen LogP contribution is 2.20. The second-order valence-electron chi connectivity index (χ2n) is 6.46. The molecule has 0 aliphatic carbocycles. The lowest BCUT2D eigenvalue weighted by atomic mass is 10.1. The summed E-state index contributed by atoms with van der Waals surface area (Å²) in [6.45, 7) is 7.41. The fourth-order valence-corrected chi connectivity index (χ4v) is 3.24. The number of aryl methyl sites for hydroxylation is 2. The maximum absolute atomic E-state index is 12.3. The third-order valence-corrected chi connectivity index (χ3v) is 4.63. The van der Waals surface area contributed by atoms with Gasteiger partial charge in [-0.05, 0) is 61.4 Å². The average molecular weight is 359 g/mol. The van der Waals surface area contributed by atoms with Gasteiger partial charge in [0, 0.05) is 36.9 Å². The SMILES string of the molecule is Cc1cc(C)cc(N2CCN(C(=O)COc3ccc(Cl)cc3)CC2)c1. The number of nitrogens with zero attached hydrogens (tertiary/aromatic N) is 2. The molecule has 0 unspecified atom stereocenters. The predicted molar refractivity (Wildman–Crippen MR) is 102 cm³/mol. The van der Waals surface area contributed by atoms with Gasteiger partial charge in [-0.1, -0.05) is 17.7 Å². The van der Waals surface area contributed by atoms with E-state index >= 15 is 0 Å². The van der Waals surface area contributed by atoms with Gasteiger partial charge in [0.05, 0.1) is 0 Å². The lowest BCUT2D eigenvalue weighted by molar-refractivity contribution is -0.133. The number of hydrogen-bond acceptors (Lipinski definition) is 3. The van der Waals surface area contributed by atoms with Crippen molar-refractivity contribution in [2.45, 2.75) is 13.8 Å². The van der Waals surface area contributed by atoms with E-state index in [2.05, 4.69) is 36.9 Å². The second-order valence-corrected chi connectivity index (χ2v) is 6.89. The van der Waals surface area contributed by atoms with Gasteiger partial charge < -0.3 is 14.5 Å². The van der Waals surface area contributed by atoms with Gasteiger partial charge in [-0.2, -0.15) is 0 Å². The highest BCUT2D eigenvalue weighted by atomic mass is 35.5. The first kappa shape index (κ1) is 17.6. The summed E-state index contributed by atoms with van der Waals surface area (Å²) in [5.41, 5.74) is 3.77. The van der Waals surface area contributed by atoms with E-state index in [1.165, 1.54) is 16.8 Å². The molecule has 0 radical (unpaired) electrons. The molecule has 0 N–H and O–H groups in total. The molecule has 0 atom stereocenters. The summed E-state index contributed by atoms with van der Waals surface area (Å²) in [4.78, 5) is 16.6. The van der Waals surface area contributed by atoms with E-state index in [0.717, 1.165) is 26.2 Å². The summed E-state index contributed by atoms with van der Waals surface area (Å²) in [6, 6.07) is 13.6. The van der Waals surface area contributed by atoms with Crippen molar-refractivity contribution >= 4 is 23.2 Å². The molecule has 1 heterocycles. The lowest BCUT2D eigenvalue weighted by Gasteiger charge is -2.36. The molecule has 0 bridgehead atoms. The van der Waals surface area contributed by atoms with Crippen molar-refractivity contribution in [3.05, 3.63) is 58.6 Å². The molecule has 25 heavy (non-hydrogen) atoms. The Labute approximate surface area is 154 Å². The Kier molecular flexibility index (Phi) is 5.49. The van der Waals surface area contributed by atoms with Crippen molar-refractivity contribution in [2.24, 2.45) is 0 Å². The van der Waals surface area contributed by atoms with Gasteiger partial charge in [-0.3, -0.25) is 4.79 Å². The summed E-state index contributed by atoms with van der Waals surface area (Å²) in [7, 11) is 0. The first-order valence-electron chi connectivity index (χ1n) is 8.51. The molecule has 1 aliphatic heterocycles. The number of amides is 1. The Morgan fingerprint density at radius 3 is 2.20 bits per heavy atom. The number of ether oxygens (including phenoxy) is 1. The van der Waals surface area contributed by atoms with E-state index in [9.17, 15) is 4.79 Å². The maximum Gasteiger partial charge on any atom is 0.260 e. The number of rotatable bonds is 4. The molecule has 2 aromatic rings. The molecule has 1 saturated heterocycles. The van der Waals surface area contributed by atoms with Crippen LogP contribution in [0.1, 0.15) is 11.1 Å². The zero-order valence-electron chi connectivity index (χ0n) is 14.7. The van der Waals surface area contributed by atoms with Crippen molar-refractivity contribution in [1.29, 1.82) is 0 Å². The van der Waals surface area contributed by atoms with Gasteiger partial charge in [-0.25, -0.2) is 0 Å². The molecule has 4 nitrogen and oxygen atoms in total. The second kappa shape index (κ2) is 7.79. The molecule has 132 valence electrons. The molecular formula is C20H23ClN2O2. The van der Waals surface area contributed by atoms with Crippen LogP contribution in [0.25, 0.3) is 0 Å². The largest absolute Gasteiger partial charge is 0.484 e. The zero-order valence-corrected chi connectivity index (χ0v) is 15.4. The number of piperazine rings is 1. The normalized spacial score (nSPS) is 14.5. The van der Waals surface area contributed by atoms with Crippen LogP contribution in [0.3, 0.4) is 0 Å². The number of carbonyl (C=O) groups is 1. The van der Waals surface area contributed by atoms with Crippen molar-refractivity contribution < 1.29 is 9.53 Å². The zero-order chi connectivity index (χ0) is 17.8. The Bertz CT molecular complexity index is 718. The monoisotopic (exact) mass is 358 g/mol. The van der Waals surface area contributed by atoms with Crippen LogP contribution in [0.5, 0.6) is 5.75 Å². The van der Waals surface area contributed by atoms with Gasteiger partial charge in [0.1, 0.15) is 5.75 Å². The quantitative estimate of drug-likeness (QED) is 0.835. The fourth-order valence-electron chi connectivity index (χ4n) is 3.11. The topological polar surface area (TPSA) is 32.8 Å². The first-order valence-corrected chi connectivity index (χ1v) is 8.88. The molecule has 3 rings (SSSR count). The molecule has 0 spiro atoms. The molecule has 1 fully saturated rings. The minimum absolute atomic E-state index is 0.0232. The van der Waals surface area contributed by atoms with Crippen molar-refractivity contribution in [1.82, 2.24) is 4.90 Å². The van der Waals surface area contributed by atoms with Gasteiger partial charge >= 0.3 is 0 Å². The predicted octanol–water partition coefficient (Wildman–Crippen LogP) is 3.68. The van der Waals surface area contributed by atoms with Gasteiger partial charge in [0.2, 0.25) is 0 Å². The van der Waals surface area contributed by atoms with Crippen LogP contribution in [-0.4, -0.2) is 43.6 Å². The molecule has 2 aromatic carbocycles. The highest BCUT2D eigenvalue weighted by molar-refractivity contribution is 6.30. The summed E-state index contributed by atoms with van der Waals surface area (Å²) in [5.74, 6) is 0.682. The number of carbonyl (C=O) groups excluding carboxylic acids is 1. The van der Waals surface area contributed by atoms with E-state index < -0.39 is 0 Å². The summed E-state index contributed by atoms with van der Waals surface area (Å²) in [5, 5.41) is 0.654. The van der Waals surface area contributed by atoms with Crippen LogP contribution in [0.4, 0.5) is 5.69 Å². The van der Waals surface area contributed by atoms with E-state index in [1.807, 2.05) is 4.90 Å². The smallest absolute Gasteiger partial charge is 0.260 e. The molecule has 0 aromatic heterocycles. The van der Waals surface area contributed by atoms with Crippen molar-refractivity contribution in [2.75, 3.05) is 37.7 Å². The molecule has 5 heteroatoms. The van der Waals surface area contributed by atoms with Gasteiger partial charge in [-0.15, -0.1) is 0 Å². The minimum atomic E-state index is 0.0232. The number of halogens is 1. The van der Waals surface area contributed by atoms with Crippen LogP contribution in [0, 0.1) is 13.8 Å². The van der Waals surface area contributed by atoms with E-state index in [4.69, 9.17) is 16.3 Å². The Morgan fingerprint density at radius 2 is 1.60 bits per heavy atom. The van der Waals surface area contributed by atoms with Crippen LogP contribution >= 0.6 is 11.6 Å². The van der Waals surface area contributed by atoms with E-state index in [0.29, 0.717) is 10.8 Å². The third kappa shape index (κ3) is 4.67. The van der Waals surface area contributed by atoms with Gasteiger partial charge in [0.15, 0.2) is 6.61 Å². The number of anilines is 1. The average Bonchev–Trinajstić information content (AvgIpc) is 2.60. The molecular weight excluding hydrogens is 336 g/mol. The van der Waals surface area contributed by atoms with Crippen LogP contribution in [-0.2, 0) is 4.79 Å². The van der Waals surface area contributed by atoms with E-state index in [-0.39, 0.29) is 12.5 Å². The van der Waals surface area contributed by atoms with Gasteiger partial charge in [0.25, 0.3) is 5.91 Å². The van der Waals surface area contributed by atoms with Crippen LogP contribution in [0.15, 0.2) is 42.5 Å². The summed E-state index contributed by atoms with van der Waals surface area (Å²) < 4.78 is 5.56. The Hall–Kier alpha value is -2.20. The molecule has 1 amide bonds. The third-order valence-electron chi connectivity index (χ3n) is 4.38.